The normalized spacial score (nSPS) is 14.8. The van der Waals surface area contributed by atoms with Crippen LogP contribution in [0.5, 0.6) is 0 Å². The minimum atomic E-state index is -0.577. The number of carbonyl (C=O) groups excluding carboxylic acids is 1. The summed E-state index contributed by atoms with van der Waals surface area (Å²) >= 11 is 0. The van der Waals surface area contributed by atoms with E-state index in [1.165, 1.54) is 0 Å². The molecule has 1 unspecified atom stereocenters. The maximum Gasteiger partial charge on any atom is 0.326 e. The van der Waals surface area contributed by atoms with E-state index in [9.17, 15) is 4.79 Å². The van der Waals surface area contributed by atoms with Gasteiger partial charge >= 0.3 is 5.97 Å². The Morgan fingerprint density at radius 1 is 1.10 bits per heavy atom. The molecule has 21 heavy (non-hydrogen) atoms. The summed E-state index contributed by atoms with van der Waals surface area (Å²) in [6.45, 7) is 14.2. The summed E-state index contributed by atoms with van der Waals surface area (Å²) in [5.74, 6) is -0.145. The molecule has 0 aliphatic heterocycles. The summed E-state index contributed by atoms with van der Waals surface area (Å²) in [4.78, 5) is 12.1. The van der Waals surface area contributed by atoms with Crippen LogP contribution in [0.3, 0.4) is 0 Å². The van der Waals surface area contributed by atoms with Crippen LogP contribution in [-0.2, 0) is 14.3 Å². The lowest BCUT2D eigenvalue weighted by molar-refractivity contribution is -0.151. The minimum absolute atomic E-state index is 0.0507. The van der Waals surface area contributed by atoms with Gasteiger partial charge in [0.25, 0.3) is 0 Å². The van der Waals surface area contributed by atoms with Gasteiger partial charge in [-0.15, -0.1) is 0 Å². The van der Waals surface area contributed by atoms with Crippen molar-refractivity contribution in [2.45, 2.75) is 84.8 Å². The summed E-state index contributed by atoms with van der Waals surface area (Å²) in [6.07, 6.45) is 4.70. The Hall–Kier alpha value is -0.610. The highest BCUT2D eigenvalue weighted by Crippen LogP contribution is 2.18. The average Bonchev–Trinajstić information content (AvgIpc) is 2.45. The average molecular weight is 301 g/mol. The molecule has 4 heteroatoms. The Bertz CT molecular complexity index is 292. The highest BCUT2D eigenvalue weighted by atomic mass is 16.5. The molecule has 0 radical (unpaired) electrons. The van der Waals surface area contributed by atoms with Crippen LogP contribution >= 0.6 is 0 Å². The predicted octanol–water partition coefficient (Wildman–Crippen LogP) is 3.68. The Morgan fingerprint density at radius 2 is 1.76 bits per heavy atom. The first-order valence-electron chi connectivity index (χ1n) is 8.37. The second kappa shape index (κ2) is 10.2. The molecule has 0 fully saturated rings. The molecule has 0 heterocycles. The maximum absolute atomic E-state index is 12.1. The van der Waals surface area contributed by atoms with Crippen molar-refractivity contribution in [2.24, 2.45) is 0 Å². The maximum atomic E-state index is 12.1. The van der Waals surface area contributed by atoms with Gasteiger partial charge in [0.15, 0.2) is 0 Å². The lowest BCUT2D eigenvalue weighted by atomic mass is 9.94. The molecule has 4 nitrogen and oxygen atoms in total. The second-order valence-electron chi connectivity index (χ2n) is 6.40. The molecule has 0 spiro atoms. The van der Waals surface area contributed by atoms with E-state index >= 15 is 0 Å². The summed E-state index contributed by atoms with van der Waals surface area (Å²) in [6, 6.07) is 0. The van der Waals surface area contributed by atoms with Crippen molar-refractivity contribution in [3.8, 4) is 0 Å². The van der Waals surface area contributed by atoms with Crippen molar-refractivity contribution < 1.29 is 14.3 Å². The number of esters is 1. The van der Waals surface area contributed by atoms with E-state index in [0.29, 0.717) is 6.61 Å². The van der Waals surface area contributed by atoms with Crippen LogP contribution in [-0.4, -0.2) is 36.9 Å². The number of unbranched alkanes of at least 4 members (excludes halogenated alkanes) is 1. The van der Waals surface area contributed by atoms with Crippen molar-refractivity contribution in [1.29, 1.82) is 0 Å². The summed E-state index contributed by atoms with van der Waals surface area (Å²) in [5, 5.41) is 3.33. The SMILES string of the molecule is CCCNC(C)(CCCCOC(C)(C)CC)C(=O)OCC. The van der Waals surface area contributed by atoms with Crippen LogP contribution < -0.4 is 5.32 Å². The van der Waals surface area contributed by atoms with Gasteiger partial charge in [-0.3, -0.25) is 4.79 Å². The van der Waals surface area contributed by atoms with Crippen molar-refractivity contribution in [3.63, 3.8) is 0 Å². The van der Waals surface area contributed by atoms with Crippen LogP contribution in [0.2, 0.25) is 0 Å². The van der Waals surface area contributed by atoms with Crippen molar-refractivity contribution in [2.75, 3.05) is 19.8 Å². The molecule has 0 saturated heterocycles. The van der Waals surface area contributed by atoms with Crippen LogP contribution in [0.15, 0.2) is 0 Å². The predicted molar refractivity (Wildman–Crippen MR) is 87.5 cm³/mol. The molecule has 0 aromatic carbocycles. The Labute approximate surface area is 131 Å². The zero-order valence-electron chi connectivity index (χ0n) is 14.9. The number of hydrogen-bond donors (Lipinski definition) is 1. The molecule has 126 valence electrons. The molecule has 0 aliphatic carbocycles. The molecule has 0 aromatic rings. The summed E-state index contributed by atoms with van der Waals surface area (Å²) in [7, 11) is 0. The van der Waals surface area contributed by atoms with Crippen molar-refractivity contribution in [1.82, 2.24) is 5.32 Å². The lowest BCUT2D eigenvalue weighted by Gasteiger charge is -2.29. The Balaban J connectivity index is 4.21. The molecule has 0 saturated carbocycles. The van der Waals surface area contributed by atoms with E-state index < -0.39 is 5.54 Å². The number of nitrogens with one attached hydrogen (secondary N) is 1. The smallest absolute Gasteiger partial charge is 0.326 e. The molecule has 1 atom stereocenters. The molecule has 0 bridgehead atoms. The van der Waals surface area contributed by atoms with Gasteiger partial charge in [0.2, 0.25) is 0 Å². The van der Waals surface area contributed by atoms with Gasteiger partial charge in [-0.1, -0.05) is 13.8 Å². The van der Waals surface area contributed by atoms with E-state index in [2.05, 4.69) is 33.0 Å². The number of ether oxygens (including phenoxy) is 2. The van der Waals surface area contributed by atoms with Gasteiger partial charge in [0.05, 0.1) is 12.2 Å². The first-order valence-corrected chi connectivity index (χ1v) is 8.37. The van der Waals surface area contributed by atoms with Crippen LogP contribution in [0.1, 0.15) is 73.6 Å². The highest BCUT2D eigenvalue weighted by Gasteiger charge is 2.33. The molecular formula is C17H35NO3. The standard InChI is InChI=1S/C17H35NO3/c1-7-13-18-17(6,15(19)20-9-3)12-10-11-14-21-16(4,5)8-2/h18H,7-14H2,1-6H3. The molecule has 0 aliphatic rings. The number of rotatable bonds is 12. The Kier molecular flexibility index (Phi) is 9.88. The van der Waals surface area contributed by atoms with E-state index in [0.717, 1.165) is 45.3 Å². The van der Waals surface area contributed by atoms with Gasteiger partial charge in [-0.2, -0.15) is 0 Å². The molecule has 0 rings (SSSR count). The fourth-order valence-electron chi connectivity index (χ4n) is 1.99. The van der Waals surface area contributed by atoms with Gasteiger partial charge in [-0.05, 0) is 66.3 Å². The first kappa shape index (κ1) is 20.4. The van der Waals surface area contributed by atoms with Gasteiger partial charge in [0, 0.05) is 6.61 Å². The summed E-state index contributed by atoms with van der Waals surface area (Å²) in [5.41, 5.74) is -0.628. The van der Waals surface area contributed by atoms with Gasteiger partial charge in [0.1, 0.15) is 5.54 Å². The monoisotopic (exact) mass is 301 g/mol. The zero-order valence-corrected chi connectivity index (χ0v) is 14.9. The van der Waals surface area contributed by atoms with E-state index in [-0.39, 0.29) is 11.6 Å². The third-order valence-electron chi connectivity index (χ3n) is 3.91. The highest BCUT2D eigenvalue weighted by molar-refractivity contribution is 5.80. The van der Waals surface area contributed by atoms with Crippen LogP contribution in [0, 0.1) is 0 Å². The number of hydrogen-bond acceptors (Lipinski definition) is 4. The fraction of sp³-hybridized carbons (Fsp3) is 0.941. The Morgan fingerprint density at radius 3 is 2.29 bits per heavy atom. The van der Waals surface area contributed by atoms with Gasteiger partial charge in [-0.25, -0.2) is 0 Å². The summed E-state index contributed by atoms with van der Waals surface area (Å²) < 4.78 is 11.0. The topological polar surface area (TPSA) is 47.6 Å². The molecule has 0 amide bonds. The van der Waals surface area contributed by atoms with Crippen LogP contribution in [0.4, 0.5) is 0 Å². The van der Waals surface area contributed by atoms with Gasteiger partial charge < -0.3 is 14.8 Å². The van der Waals surface area contributed by atoms with Crippen LogP contribution in [0.25, 0.3) is 0 Å². The van der Waals surface area contributed by atoms with E-state index in [1.54, 1.807) is 0 Å². The quantitative estimate of drug-likeness (QED) is 0.441. The fourth-order valence-corrected chi connectivity index (χ4v) is 1.99. The third-order valence-corrected chi connectivity index (χ3v) is 3.91. The molecular weight excluding hydrogens is 266 g/mol. The lowest BCUT2D eigenvalue weighted by Crippen LogP contribution is -2.50. The van der Waals surface area contributed by atoms with E-state index in [4.69, 9.17) is 9.47 Å². The molecule has 1 N–H and O–H groups in total. The first-order chi connectivity index (χ1) is 9.81. The van der Waals surface area contributed by atoms with Crippen molar-refractivity contribution >= 4 is 5.97 Å². The third kappa shape index (κ3) is 8.42. The van der Waals surface area contributed by atoms with Crippen molar-refractivity contribution in [3.05, 3.63) is 0 Å². The largest absolute Gasteiger partial charge is 0.465 e. The molecule has 0 aromatic heterocycles. The minimum Gasteiger partial charge on any atom is -0.465 e. The number of carbonyl (C=O) groups is 1. The second-order valence-corrected chi connectivity index (χ2v) is 6.40. The zero-order chi connectivity index (χ0) is 16.4. The van der Waals surface area contributed by atoms with E-state index in [1.807, 2.05) is 13.8 Å².